The minimum atomic E-state index is -0.875. The molecule has 3 aromatic rings. The maximum Gasteiger partial charge on any atom is 0.282 e. The topological polar surface area (TPSA) is 132 Å². The van der Waals surface area contributed by atoms with E-state index in [1.165, 1.54) is 23.5 Å². The predicted octanol–water partition coefficient (Wildman–Crippen LogP) is 2.96. The first-order valence-electron chi connectivity index (χ1n) is 8.92. The van der Waals surface area contributed by atoms with Gasteiger partial charge in [0.05, 0.1) is 23.3 Å². The summed E-state index contributed by atoms with van der Waals surface area (Å²) in [5.74, 6) is -1.57. The van der Waals surface area contributed by atoms with Gasteiger partial charge < -0.3 is 10.1 Å². The minimum Gasteiger partial charge on any atom is -0.497 e. The molecule has 2 aromatic carbocycles. The van der Waals surface area contributed by atoms with E-state index in [-0.39, 0.29) is 11.1 Å². The highest BCUT2D eigenvalue weighted by atomic mass is 32.1. The number of nitrogens with one attached hydrogen (secondary N) is 1. The van der Waals surface area contributed by atoms with Crippen LogP contribution in [0.4, 0.5) is 10.8 Å². The van der Waals surface area contributed by atoms with Gasteiger partial charge in [-0.2, -0.15) is 0 Å². The van der Waals surface area contributed by atoms with E-state index in [0.717, 1.165) is 11.6 Å². The third-order valence-corrected chi connectivity index (χ3v) is 5.37. The van der Waals surface area contributed by atoms with Gasteiger partial charge in [0.1, 0.15) is 17.9 Å². The highest BCUT2D eigenvalue weighted by Crippen LogP contribution is 2.31. The molecular weight excluding hydrogens is 424 g/mol. The van der Waals surface area contributed by atoms with Gasteiger partial charge in [-0.05, 0) is 30.3 Å². The van der Waals surface area contributed by atoms with Crippen molar-refractivity contribution in [3.63, 3.8) is 0 Å². The largest absolute Gasteiger partial charge is 0.497 e. The summed E-state index contributed by atoms with van der Waals surface area (Å²) in [5.41, 5.74) is 0.594. The molecule has 1 aliphatic heterocycles. The van der Waals surface area contributed by atoms with Crippen molar-refractivity contribution in [2.24, 2.45) is 0 Å². The standard InChI is InChI=1S/C20H14N4O6S/c1-30-12-7-5-11(6-8-12)14-10-31-20(21-14)22-16(25)9-23-18(26)13-3-2-4-15(24(28)29)17(13)19(23)27/h2-8,10H,9H2,1H3,(H,21,22,25). The average Bonchev–Trinajstić information content (AvgIpc) is 3.32. The number of ether oxygens (including phenoxy) is 1. The number of thiazole rings is 1. The SMILES string of the molecule is COc1ccc(-c2csc(NC(=O)CN3C(=O)c4cccc([N+](=O)[O-])c4C3=O)n2)cc1. The number of hydrogen-bond donors (Lipinski definition) is 1. The van der Waals surface area contributed by atoms with Gasteiger partial charge >= 0.3 is 0 Å². The molecule has 10 nitrogen and oxygen atoms in total. The Morgan fingerprint density at radius 2 is 1.94 bits per heavy atom. The van der Waals surface area contributed by atoms with E-state index < -0.39 is 34.9 Å². The van der Waals surface area contributed by atoms with Crippen molar-refractivity contribution in [2.45, 2.75) is 0 Å². The van der Waals surface area contributed by atoms with Gasteiger partial charge in [0.25, 0.3) is 17.5 Å². The number of nitro groups is 1. The molecule has 0 saturated heterocycles. The second-order valence-electron chi connectivity index (χ2n) is 6.47. The number of amides is 3. The minimum absolute atomic E-state index is 0.0944. The summed E-state index contributed by atoms with van der Waals surface area (Å²) in [5, 5.41) is 15.8. The van der Waals surface area contributed by atoms with E-state index in [2.05, 4.69) is 10.3 Å². The average molecular weight is 438 g/mol. The summed E-state index contributed by atoms with van der Waals surface area (Å²) in [6, 6.07) is 11.0. The Labute approximate surface area is 179 Å². The molecule has 1 aliphatic rings. The van der Waals surface area contributed by atoms with Crippen LogP contribution in [0.25, 0.3) is 11.3 Å². The highest BCUT2D eigenvalue weighted by molar-refractivity contribution is 7.14. The van der Waals surface area contributed by atoms with E-state index in [1.807, 2.05) is 12.1 Å². The van der Waals surface area contributed by atoms with Crippen LogP contribution in [0.15, 0.2) is 47.8 Å². The number of methoxy groups -OCH3 is 1. The zero-order valence-corrected chi connectivity index (χ0v) is 16.8. The zero-order chi connectivity index (χ0) is 22.1. The molecule has 3 amide bonds. The summed E-state index contributed by atoms with van der Waals surface area (Å²) < 4.78 is 5.12. The number of carbonyl (C=O) groups excluding carboxylic acids is 3. The van der Waals surface area contributed by atoms with Crippen LogP contribution in [0.3, 0.4) is 0 Å². The van der Waals surface area contributed by atoms with Gasteiger partial charge in [-0.1, -0.05) is 6.07 Å². The molecule has 4 rings (SSSR count). The van der Waals surface area contributed by atoms with E-state index in [0.29, 0.717) is 21.5 Å². The third-order valence-electron chi connectivity index (χ3n) is 4.61. The van der Waals surface area contributed by atoms with Crippen LogP contribution in [-0.2, 0) is 4.79 Å². The summed E-state index contributed by atoms with van der Waals surface area (Å²) in [6.45, 7) is -0.582. The van der Waals surface area contributed by atoms with Crippen LogP contribution in [0.5, 0.6) is 5.75 Å². The molecule has 0 bridgehead atoms. The maximum absolute atomic E-state index is 12.6. The summed E-state index contributed by atoms with van der Waals surface area (Å²) in [4.78, 5) is 52.9. The molecule has 0 radical (unpaired) electrons. The molecule has 0 fully saturated rings. The van der Waals surface area contributed by atoms with Crippen LogP contribution in [0.2, 0.25) is 0 Å². The first kappa shape index (κ1) is 20.2. The second-order valence-corrected chi connectivity index (χ2v) is 7.33. The number of benzene rings is 2. The molecule has 0 saturated carbocycles. The number of nitrogens with zero attached hydrogens (tertiary/aromatic N) is 3. The number of aromatic nitrogens is 1. The first-order valence-corrected chi connectivity index (χ1v) is 9.80. The lowest BCUT2D eigenvalue weighted by Crippen LogP contribution is -2.37. The Morgan fingerprint density at radius 3 is 2.61 bits per heavy atom. The van der Waals surface area contributed by atoms with Crippen LogP contribution < -0.4 is 10.1 Å². The molecule has 0 unspecified atom stereocenters. The first-order chi connectivity index (χ1) is 14.9. The number of carbonyl (C=O) groups is 3. The molecule has 156 valence electrons. The van der Waals surface area contributed by atoms with E-state index in [1.54, 1.807) is 24.6 Å². The van der Waals surface area contributed by atoms with E-state index >= 15 is 0 Å². The van der Waals surface area contributed by atoms with Gasteiger partial charge in [-0.25, -0.2) is 4.98 Å². The van der Waals surface area contributed by atoms with Crippen molar-refractivity contribution in [3.05, 3.63) is 69.1 Å². The summed E-state index contributed by atoms with van der Waals surface area (Å²) in [7, 11) is 1.57. The van der Waals surface area contributed by atoms with Gasteiger partial charge in [0.15, 0.2) is 5.13 Å². The number of imide groups is 1. The molecule has 1 aromatic heterocycles. The molecule has 0 atom stereocenters. The van der Waals surface area contributed by atoms with Crippen molar-refractivity contribution in [1.82, 2.24) is 9.88 Å². The third kappa shape index (κ3) is 3.73. The molecule has 0 spiro atoms. The Hall–Kier alpha value is -4.12. The number of nitro benzene ring substituents is 1. The lowest BCUT2D eigenvalue weighted by molar-refractivity contribution is -0.385. The van der Waals surface area contributed by atoms with Crippen molar-refractivity contribution in [2.75, 3.05) is 19.0 Å². The van der Waals surface area contributed by atoms with Crippen LogP contribution >= 0.6 is 11.3 Å². The Kier molecular flexibility index (Phi) is 5.17. The van der Waals surface area contributed by atoms with Crippen LogP contribution in [0, 0.1) is 10.1 Å². The van der Waals surface area contributed by atoms with Gasteiger partial charge in [0.2, 0.25) is 5.91 Å². The molecule has 1 N–H and O–H groups in total. The zero-order valence-electron chi connectivity index (χ0n) is 16.0. The van der Waals surface area contributed by atoms with Gasteiger partial charge in [-0.15, -0.1) is 11.3 Å². The molecule has 2 heterocycles. The molecule has 31 heavy (non-hydrogen) atoms. The smallest absolute Gasteiger partial charge is 0.282 e. The lowest BCUT2D eigenvalue weighted by Gasteiger charge is -2.12. The monoisotopic (exact) mass is 438 g/mol. The fourth-order valence-corrected chi connectivity index (χ4v) is 3.88. The number of fused-ring (bicyclic) bond motifs is 1. The Balaban J connectivity index is 1.46. The number of rotatable bonds is 6. The number of anilines is 1. The summed E-state index contributed by atoms with van der Waals surface area (Å²) >= 11 is 1.18. The van der Waals surface area contributed by atoms with Gasteiger partial charge in [-0.3, -0.25) is 29.4 Å². The normalized spacial score (nSPS) is 12.6. The van der Waals surface area contributed by atoms with E-state index in [4.69, 9.17) is 4.74 Å². The van der Waals surface area contributed by atoms with E-state index in [9.17, 15) is 24.5 Å². The van der Waals surface area contributed by atoms with Crippen molar-refractivity contribution in [1.29, 1.82) is 0 Å². The fraction of sp³-hybridized carbons (Fsp3) is 0.100. The van der Waals surface area contributed by atoms with Crippen molar-refractivity contribution < 1.29 is 24.0 Å². The van der Waals surface area contributed by atoms with Crippen LogP contribution in [-0.4, -0.2) is 46.2 Å². The summed E-state index contributed by atoms with van der Waals surface area (Å²) in [6.07, 6.45) is 0. The van der Waals surface area contributed by atoms with Gasteiger partial charge in [0, 0.05) is 17.0 Å². The predicted molar refractivity (Wildman–Crippen MR) is 111 cm³/mol. The molecule has 0 aliphatic carbocycles. The second kappa shape index (κ2) is 7.95. The number of hydrogen-bond acceptors (Lipinski definition) is 8. The quantitative estimate of drug-likeness (QED) is 0.355. The Bertz CT molecular complexity index is 1220. The molecular formula is C20H14N4O6S. The van der Waals surface area contributed by atoms with Crippen molar-refractivity contribution in [3.8, 4) is 17.0 Å². The molecule has 11 heteroatoms. The fourth-order valence-electron chi connectivity index (χ4n) is 3.14. The van der Waals surface area contributed by atoms with Crippen LogP contribution in [0.1, 0.15) is 20.7 Å². The highest BCUT2D eigenvalue weighted by Gasteiger charge is 2.41. The Morgan fingerprint density at radius 1 is 1.19 bits per heavy atom. The lowest BCUT2D eigenvalue weighted by atomic mass is 10.1. The maximum atomic E-state index is 12.6. The van der Waals surface area contributed by atoms with Crippen molar-refractivity contribution >= 4 is 39.9 Å².